The van der Waals surface area contributed by atoms with Gasteiger partial charge in [-0.15, -0.1) is 0 Å². The molecule has 1 unspecified atom stereocenters. The molecule has 1 aromatic heterocycles. The largest absolute Gasteiger partial charge is 0.368 e. The van der Waals surface area contributed by atoms with Crippen molar-refractivity contribution in [2.75, 3.05) is 6.61 Å². The molecule has 2 heterocycles. The van der Waals surface area contributed by atoms with Gasteiger partial charge in [0, 0.05) is 5.69 Å². The van der Waals surface area contributed by atoms with Crippen LogP contribution in [0.25, 0.3) is 5.69 Å². The van der Waals surface area contributed by atoms with Crippen molar-refractivity contribution in [2.45, 2.75) is 12.5 Å². The maximum Gasteiger partial charge on any atom is 0.199 e. The first-order valence-corrected chi connectivity index (χ1v) is 7.65. The van der Waals surface area contributed by atoms with Crippen molar-refractivity contribution in [3.05, 3.63) is 76.3 Å². The van der Waals surface area contributed by atoms with Crippen LogP contribution < -0.4 is 0 Å². The Labute approximate surface area is 133 Å². The summed E-state index contributed by atoms with van der Waals surface area (Å²) in [6.45, 7) is 0.747. The molecule has 0 saturated heterocycles. The number of fused-ring (bicyclic) bond motifs is 1. The molecule has 110 valence electrons. The van der Waals surface area contributed by atoms with E-state index in [2.05, 4.69) is 46.6 Å². The molecule has 2 aromatic carbocycles. The lowest BCUT2D eigenvalue weighted by Crippen LogP contribution is -2.17. The number of benzene rings is 2. The fraction of sp³-hybridized carbons (Fsp3) is 0.176. The SMILES string of the molecule is S=c1[nH]ncn1-c1cccc(C2OCCc3ccccc32)c1. The summed E-state index contributed by atoms with van der Waals surface area (Å²) in [4.78, 5) is 0. The average Bonchev–Trinajstić information content (AvgIpc) is 3.00. The highest BCUT2D eigenvalue weighted by Gasteiger charge is 2.22. The Morgan fingerprint density at radius 1 is 1.18 bits per heavy atom. The number of ether oxygens (including phenoxy) is 1. The predicted octanol–water partition coefficient (Wildman–Crippen LogP) is 3.59. The Bertz CT molecular complexity index is 868. The van der Waals surface area contributed by atoms with Gasteiger partial charge in [0.15, 0.2) is 4.77 Å². The molecule has 1 aliphatic rings. The third kappa shape index (κ3) is 2.28. The maximum atomic E-state index is 6.03. The summed E-state index contributed by atoms with van der Waals surface area (Å²) in [7, 11) is 0. The van der Waals surface area contributed by atoms with Gasteiger partial charge in [0.05, 0.1) is 6.61 Å². The van der Waals surface area contributed by atoms with Gasteiger partial charge in [0.1, 0.15) is 12.4 Å². The van der Waals surface area contributed by atoms with Gasteiger partial charge in [-0.1, -0.05) is 36.4 Å². The zero-order chi connectivity index (χ0) is 14.9. The van der Waals surface area contributed by atoms with Crippen LogP contribution in [0.1, 0.15) is 22.8 Å². The molecule has 0 saturated carbocycles. The molecule has 4 rings (SSSR count). The van der Waals surface area contributed by atoms with E-state index in [9.17, 15) is 0 Å². The molecule has 1 N–H and O–H groups in total. The maximum absolute atomic E-state index is 6.03. The minimum Gasteiger partial charge on any atom is -0.368 e. The van der Waals surface area contributed by atoms with Crippen LogP contribution in [0, 0.1) is 4.77 Å². The average molecular weight is 309 g/mol. The molecule has 1 aliphatic heterocycles. The summed E-state index contributed by atoms with van der Waals surface area (Å²) in [6.07, 6.45) is 2.64. The highest BCUT2D eigenvalue weighted by atomic mass is 32.1. The number of aromatic amines is 1. The van der Waals surface area contributed by atoms with E-state index in [4.69, 9.17) is 17.0 Å². The quantitative estimate of drug-likeness (QED) is 0.736. The van der Waals surface area contributed by atoms with E-state index in [1.165, 1.54) is 11.1 Å². The van der Waals surface area contributed by atoms with E-state index in [-0.39, 0.29) is 6.10 Å². The molecule has 0 aliphatic carbocycles. The van der Waals surface area contributed by atoms with E-state index >= 15 is 0 Å². The zero-order valence-corrected chi connectivity index (χ0v) is 12.7. The van der Waals surface area contributed by atoms with Gasteiger partial charge < -0.3 is 4.74 Å². The molecule has 3 aromatic rings. The van der Waals surface area contributed by atoms with Crippen LogP contribution in [0.15, 0.2) is 54.9 Å². The Kier molecular flexibility index (Phi) is 3.36. The van der Waals surface area contributed by atoms with E-state index in [1.807, 2.05) is 16.7 Å². The molecular formula is C17H15N3OS. The smallest absolute Gasteiger partial charge is 0.199 e. The highest BCUT2D eigenvalue weighted by molar-refractivity contribution is 7.71. The Morgan fingerprint density at radius 2 is 2.09 bits per heavy atom. The lowest BCUT2D eigenvalue weighted by Gasteiger charge is -2.26. The third-order valence-electron chi connectivity index (χ3n) is 4.00. The summed E-state index contributed by atoms with van der Waals surface area (Å²) in [6, 6.07) is 16.7. The molecule has 5 heteroatoms. The van der Waals surface area contributed by atoms with Crippen molar-refractivity contribution < 1.29 is 4.74 Å². The third-order valence-corrected chi connectivity index (χ3v) is 4.28. The first-order chi connectivity index (χ1) is 10.8. The highest BCUT2D eigenvalue weighted by Crippen LogP contribution is 2.33. The van der Waals surface area contributed by atoms with Crippen LogP contribution in [-0.4, -0.2) is 21.4 Å². The fourth-order valence-corrected chi connectivity index (χ4v) is 3.14. The fourth-order valence-electron chi connectivity index (χ4n) is 2.94. The van der Waals surface area contributed by atoms with Gasteiger partial charge in [0.25, 0.3) is 0 Å². The molecule has 0 amide bonds. The van der Waals surface area contributed by atoms with Crippen molar-refractivity contribution in [3.63, 3.8) is 0 Å². The normalized spacial score (nSPS) is 17.2. The number of hydrogen-bond donors (Lipinski definition) is 1. The van der Waals surface area contributed by atoms with E-state index in [1.54, 1.807) is 6.33 Å². The molecule has 0 spiro atoms. The van der Waals surface area contributed by atoms with Crippen LogP contribution in [0.2, 0.25) is 0 Å². The molecule has 4 nitrogen and oxygen atoms in total. The number of nitrogens with zero attached hydrogens (tertiary/aromatic N) is 2. The monoisotopic (exact) mass is 309 g/mol. The summed E-state index contributed by atoms with van der Waals surface area (Å²) in [5, 5.41) is 6.76. The van der Waals surface area contributed by atoms with Crippen LogP contribution in [0.4, 0.5) is 0 Å². The minimum absolute atomic E-state index is 0.0222. The number of aromatic nitrogens is 3. The van der Waals surface area contributed by atoms with Crippen molar-refractivity contribution in [1.29, 1.82) is 0 Å². The Balaban J connectivity index is 1.79. The summed E-state index contributed by atoms with van der Waals surface area (Å²) in [5.74, 6) is 0. The van der Waals surface area contributed by atoms with Crippen LogP contribution >= 0.6 is 12.2 Å². The molecular weight excluding hydrogens is 294 g/mol. The Hall–Kier alpha value is -2.24. The molecule has 0 bridgehead atoms. The van der Waals surface area contributed by atoms with Crippen molar-refractivity contribution in [3.8, 4) is 5.69 Å². The zero-order valence-electron chi connectivity index (χ0n) is 11.9. The van der Waals surface area contributed by atoms with Gasteiger partial charge in [-0.3, -0.25) is 9.67 Å². The second-order valence-corrected chi connectivity index (χ2v) is 5.71. The lowest BCUT2D eigenvalue weighted by atomic mass is 9.93. The summed E-state index contributed by atoms with van der Waals surface area (Å²) < 4.78 is 8.47. The predicted molar refractivity (Wildman–Crippen MR) is 86.7 cm³/mol. The van der Waals surface area contributed by atoms with E-state index in [0.29, 0.717) is 4.77 Å². The number of rotatable bonds is 2. The van der Waals surface area contributed by atoms with Gasteiger partial charge in [-0.05, 0) is 47.5 Å². The molecule has 1 atom stereocenters. The number of H-pyrrole nitrogens is 1. The van der Waals surface area contributed by atoms with Gasteiger partial charge in [0.2, 0.25) is 0 Å². The summed E-state index contributed by atoms with van der Waals surface area (Å²) >= 11 is 5.24. The van der Waals surface area contributed by atoms with Gasteiger partial charge in [-0.2, -0.15) is 5.10 Å². The van der Waals surface area contributed by atoms with E-state index < -0.39 is 0 Å². The number of nitrogens with one attached hydrogen (secondary N) is 1. The lowest BCUT2D eigenvalue weighted by molar-refractivity contribution is 0.0698. The van der Waals surface area contributed by atoms with Crippen molar-refractivity contribution >= 4 is 12.2 Å². The van der Waals surface area contributed by atoms with Gasteiger partial charge >= 0.3 is 0 Å². The first kappa shape index (κ1) is 13.4. The van der Waals surface area contributed by atoms with Crippen molar-refractivity contribution in [2.24, 2.45) is 0 Å². The molecule has 0 radical (unpaired) electrons. The van der Waals surface area contributed by atoms with Crippen LogP contribution in [0.5, 0.6) is 0 Å². The second kappa shape index (κ2) is 5.51. The van der Waals surface area contributed by atoms with Gasteiger partial charge in [-0.25, -0.2) is 0 Å². The minimum atomic E-state index is -0.0222. The van der Waals surface area contributed by atoms with Crippen LogP contribution in [-0.2, 0) is 11.2 Å². The van der Waals surface area contributed by atoms with Crippen LogP contribution in [0.3, 0.4) is 0 Å². The second-order valence-electron chi connectivity index (χ2n) is 5.33. The molecule has 0 fully saturated rings. The molecule has 22 heavy (non-hydrogen) atoms. The topological polar surface area (TPSA) is 42.8 Å². The summed E-state index contributed by atoms with van der Waals surface area (Å²) in [5.41, 5.74) is 4.74. The Morgan fingerprint density at radius 3 is 2.95 bits per heavy atom. The van der Waals surface area contributed by atoms with Crippen molar-refractivity contribution in [1.82, 2.24) is 14.8 Å². The number of hydrogen-bond acceptors (Lipinski definition) is 3. The van der Waals surface area contributed by atoms with E-state index in [0.717, 1.165) is 24.3 Å². The first-order valence-electron chi connectivity index (χ1n) is 7.25. The standard InChI is InChI=1S/C17H15N3OS/c22-17-19-18-11-20(17)14-6-3-5-13(10-14)16-15-7-2-1-4-12(15)8-9-21-16/h1-7,10-11,16H,8-9H2,(H,19,22).